The van der Waals surface area contributed by atoms with Crippen LogP contribution >= 0.6 is 0 Å². The number of aryl methyl sites for hydroxylation is 1. The molecule has 2 aromatic rings. The Balaban J connectivity index is 1.76. The van der Waals surface area contributed by atoms with Gasteiger partial charge in [-0.3, -0.25) is 9.80 Å². The molecule has 118 valence electrons. The first-order valence-corrected chi connectivity index (χ1v) is 7.65. The highest BCUT2D eigenvalue weighted by molar-refractivity contribution is 5.36. The molecule has 0 aliphatic carbocycles. The zero-order chi connectivity index (χ0) is 15.5. The van der Waals surface area contributed by atoms with E-state index in [-0.39, 0.29) is 0 Å². The quantitative estimate of drug-likeness (QED) is 0.868. The highest BCUT2D eigenvalue weighted by Gasteiger charge is 2.28. The monoisotopic (exact) mass is 301 g/mol. The van der Waals surface area contributed by atoms with Crippen molar-refractivity contribution in [2.75, 3.05) is 33.8 Å². The highest BCUT2D eigenvalue weighted by Crippen LogP contribution is 2.31. The van der Waals surface area contributed by atoms with Gasteiger partial charge < -0.3 is 9.26 Å². The van der Waals surface area contributed by atoms with E-state index in [2.05, 4.69) is 34.1 Å². The summed E-state index contributed by atoms with van der Waals surface area (Å²) >= 11 is 0. The van der Waals surface area contributed by atoms with Gasteiger partial charge in [0.25, 0.3) is 0 Å². The minimum Gasteiger partial charge on any atom is -0.496 e. The lowest BCUT2D eigenvalue weighted by Gasteiger charge is -2.39. The van der Waals surface area contributed by atoms with Gasteiger partial charge in [0.2, 0.25) is 0 Å². The molecule has 1 aliphatic heterocycles. The van der Waals surface area contributed by atoms with Crippen LogP contribution in [-0.2, 0) is 6.54 Å². The molecule has 1 atom stereocenters. The molecule has 22 heavy (non-hydrogen) atoms. The van der Waals surface area contributed by atoms with Crippen LogP contribution in [0.4, 0.5) is 0 Å². The third-order valence-electron chi connectivity index (χ3n) is 4.29. The molecule has 1 aromatic heterocycles. The summed E-state index contributed by atoms with van der Waals surface area (Å²) in [6, 6.07) is 10.6. The Bertz CT molecular complexity index is 626. The van der Waals surface area contributed by atoms with Crippen molar-refractivity contribution in [1.29, 1.82) is 0 Å². The molecule has 5 nitrogen and oxygen atoms in total. The van der Waals surface area contributed by atoms with Gasteiger partial charge in [0.15, 0.2) is 0 Å². The molecule has 0 saturated carbocycles. The molecule has 5 heteroatoms. The molecule has 1 saturated heterocycles. The maximum Gasteiger partial charge on any atom is 0.133 e. The lowest BCUT2D eigenvalue weighted by Crippen LogP contribution is -2.46. The Kier molecular flexibility index (Phi) is 4.45. The molecular weight excluding hydrogens is 278 g/mol. The average molecular weight is 301 g/mol. The average Bonchev–Trinajstić information content (AvgIpc) is 2.94. The Hall–Kier alpha value is -1.85. The van der Waals surface area contributed by atoms with Crippen LogP contribution in [0.3, 0.4) is 0 Å². The number of benzene rings is 1. The molecule has 0 N–H and O–H groups in total. The largest absolute Gasteiger partial charge is 0.496 e. The number of rotatable bonds is 4. The fourth-order valence-electron chi connectivity index (χ4n) is 3.07. The summed E-state index contributed by atoms with van der Waals surface area (Å²) in [7, 11) is 3.91. The Morgan fingerprint density at radius 3 is 2.86 bits per heavy atom. The maximum atomic E-state index is 5.53. The molecule has 3 rings (SSSR count). The first-order valence-electron chi connectivity index (χ1n) is 7.65. The number of para-hydroxylation sites is 1. The number of aromatic nitrogens is 1. The van der Waals surface area contributed by atoms with Crippen LogP contribution in [0.5, 0.6) is 5.75 Å². The Morgan fingerprint density at radius 1 is 1.32 bits per heavy atom. The molecule has 1 aromatic carbocycles. The minimum absolute atomic E-state index is 0.331. The normalized spacial score (nSPS) is 20.2. The lowest BCUT2D eigenvalue weighted by atomic mass is 10.0. The summed E-state index contributed by atoms with van der Waals surface area (Å²) < 4.78 is 10.7. The second kappa shape index (κ2) is 6.50. The molecule has 2 heterocycles. The van der Waals surface area contributed by atoms with Crippen LogP contribution in [0.2, 0.25) is 0 Å². The van der Waals surface area contributed by atoms with E-state index in [1.54, 1.807) is 7.11 Å². The molecule has 0 unspecified atom stereocenters. The van der Waals surface area contributed by atoms with Crippen molar-refractivity contribution in [2.45, 2.75) is 19.5 Å². The summed E-state index contributed by atoms with van der Waals surface area (Å²) in [5.74, 6) is 1.82. The minimum atomic E-state index is 0.331. The first-order chi connectivity index (χ1) is 10.7. The summed E-state index contributed by atoms with van der Waals surface area (Å²) in [5.41, 5.74) is 2.24. The lowest BCUT2D eigenvalue weighted by molar-refractivity contribution is 0.0874. The van der Waals surface area contributed by atoms with E-state index in [0.29, 0.717) is 6.04 Å². The number of hydrogen-bond donors (Lipinski definition) is 0. The zero-order valence-electron chi connectivity index (χ0n) is 13.5. The topological polar surface area (TPSA) is 41.7 Å². The van der Waals surface area contributed by atoms with Gasteiger partial charge in [0.05, 0.1) is 18.8 Å². The van der Waals surface area contributed by atoms with Gasteiger partial charge in [-0.2, -0.15) is 0 Å². The van der Waals surface area contributed by atoms with Gasteiger partial charge in [0.1, 0.15) is 11.5 Å². The second-order valence-electron chi connectivity index (χ2n) is 5.90. The van der Waals surface area contributed by atoms with Crippen LogP contribution in [-0.4, -0.2) is 48.7 Å². The molecule has 0 amide bonds. The third-order valence-corrected chi connectivity index (χ3v) is 4.29. The van der Waals surface area contributed by atoms with E-state index >= 15 is 0 Å². The second-order valence-corrected chi connectivity index (χ2v) is 5.90. The summed E-state index contributed by atoms with van der Waals surface area (Å²) in [4.78, 5) is 4.82. The van der Waals surface area contributed by atoms with Crippen molar-refractivity contribution in [2.24, 2.45) is 0 Å². The van der Waals surface area contributed by atoms with E-state index in [1.807, 2.05) is 25.1 Å². The number of ether oxygens (including phenoxy) is 1. The number of nitrogens with zero attached hydrogens (tertiary/aromatic N) is 3. The number of methoxy groups -OCH3 is 1. The molecule has 1 fully saturated rings. The van der Waals surface area contributed by atoms with Gasteiger partial charge in [-0.05, 0) is 20.0 Å². The van der Waals surface area contributed by atoms with Crippen LogP contribution in [0.15, 0.2) is 34.9 Å². The van der Waals surface area contributed by atoms with E-state index in [4.69, 9.17) is 9.26 Å². The van der Waals surface area contributed by atoms with Crippen molar-refractivity contribution in [1.82, 2.24) is 15.0 Å². The van der Waals surface area contributed by atoms with Crippen LogP contribution in [0.1, 0.15) is 23.1 Å². The van der Waals surface area contributed by atoms with Crippen molar-refractivity contribution < 1.29 is 9.26 Å². The SMILES string of the molecule is COc1ccccc1[C@@H]1CN(Cc2cc(C)on2)CCN1C. The molecule has 0 radical (unpaired) electrons. The van der Waals surface area contributed by atoms with Crippen LogP contribution in [0.25, 0.3) is 0 Å². The van der Waals surface area contributed by atoms with Crippen LogP contribution in [0, 0.1) is 6.92 Å². The zero-order valence-corrected chi connectivity index (χ0v) is 13.5. The first kappa shape index (κ1) is 15.1. The van der Waals surface area contributed by atoms with Gasteiger partial charge in [0, 0.05) is 37.8 Å². The molecule has 1 aliphatic rings. The van der Waals surface area contributed by atoms with Gasteiger partial charge >= 0.3 is 0 Å². The molecule has 0 bridgehead atoms. The van der Waals surface area contributed by atoms with Gasteiger partial charge in [-0.25, -0.2) is 0 Å². The highest BCUT2D eigenvalue weighted by atomic mass is 16.5. The summed E-state index contributed by atoms with van der Waals surface area (Å²) in [6.07, 6.45) is 0. The number of piperazine rings is 1. The van der Waals surface area contributed by atoms with E-state index in [1.165, 1.54) is 5.56 Å². The van der Waals surface area contributed by atoms with Crippen molar-refractivity contribution >= 4 is 0 Å². The Labute approximate surface area is 131 Å². The summed E-state index contributed by atoms with van der Waals surface area (Å²) in [6.45, 7) is 5.78. The fraction of sp³-hybridized carbons (Fsp3) is 0.471. The van der Waals surface area contributed by atoms with E-state index < -0.39 is 0 Å². The smallest absolute Gasteiger partial charge is 0.133 e. The fourth-order valence-corrected chi connectivity index (χ4v) is 3.07. The van der Waals surface area contributed by atoms with E-state index in [9.17, 15) is 0 Å². The third kappa shape index (κ3) is 3.15. The van der Waals surface area contributed by atoms with Crippen molar-refractivity contribution in [3.05, 3.63) is 47.3 Å². The van der Waals surface area contributed by atoms with Crippen molar-refractivity contribution in [3.63, 3.8) is 0 Å². The number of hydrogen-bond acceptors (Lipinski definition) is 5. The van der Waals surface area contributed by atoms with Crippen molar-refractivity contribution in [3.8, 4) is 5.75 Å². The predicted octanol–water partition coefficient (Wildman–Crippen LogP) is 2.48. The number of likely N-dealkylation sites (N-methyl/N-ethyl adjacent to an activating group) is 1. The Morgan fingerprint density at radius 2 is 2.14 bits per heavy atom. The molecular formula is C17H23N3O2. The van der Waals surface area contributed by atoms with E-state index in [0.717, 1.165) is 43.4 Å². The van der Waals surface area contributed by atoms with Gasteiger partial charge in [-0.15, -0.1) is 0 Å². The standard InChI is InChI=1S/C17H23N3O2/c1-13-10-14(18-22-13)11-20-9-8-19(2)16(12-20)15-6-4-5-7-17(15)21-3/h4-7,10,16H,8-9,11-12H2,1-3H3/t16-/m0/s1. The van der Waals surface area contributed by atoms with Gasteiger partial charge in [-0.1, -0.05) is 23.4 Å². The maximum absolute atomic E-state index is 5.53. The molecule has 0 spiro atoms. The summed E-state index contributed by atoms with van der Waals surface area (Å²) in [5, 5.41) is 4.11. The predicted molar refractivity (Wildman–Crippen MR) is 84.9 cm³/mol. The van der Waals surface area contributed by atoms with Crippen LogP contribution < -0.4 is 4.74 Å².